The van der Waals surface area contributed by atoms with Crippen molar-refractivity contribution >= 4 is 51.7 Å². The molecule has 0 bridgehead atoms. The monoisotopic (exact) mass is 574 g/mol. The number of rotatable bonds is 11. The van der Waals surface area contributed by atoms with Crippen LogP contribution in [0.4, 0.5) is 17.2 Å². The van der Waals surface area contributed by atoms with Crippen LogP contribution >= 0.6 is 11.6 Å². The number of fused-ring (bicyclic) bond motifs is 1. The molecule has 10 nitrogen and oxygen atoms in total. The van der Waals surface area contributed by atoms with Gasteiger partial charge in [-0.2, -0.15) is 0 Å². The number of ether oxygens (including phenoxy) is 3. The normalized spacial score (nSPS) is 13.8. The molecular formula is C30H31ClN6O4. The average Bonchev–Trinajstić information content (AvgIpc) is 3.00. The SMILES string of the molecule is COc1cc2c(Nc3ccc(/C=C/C(=O)Nc4ccc(Cl)nc4)cc3)ncnc2cc1OCCCN1CCOCC1. The van der Waals surface area contributed by atoms with Crippen molar-refractivity contribution in [2.75, 3.05) is 57.2 Å². The number of benzene rings is 2. The number of hydrogen-bond acceptors (Lipinski definition) is 9. The summed E-state index contributed by atoms with van der Waals surface area (Å²) in [5, 5.41) is 7.27. The molecule has 1 saturated heterocycles. The lowest BCUT2D eigenvalue weighted by Crippen LogP contribution is -2.37. The lowest BCUT2D eigenvalue weighted by molar-refractivity contribution is -0.111. The number of nitrogens with zero attached hydrogens (tertiary/aromatic N) is 4. The van der Waals surface area contributed by atoms with Crippen molar-refractivity contribution in [3.8, 4) is 11.5 Å². The fourth-order valence-electron chi connectivity index (χ4n) is 4.35. The van der Waals surface area contributed by atoms with Gasteiger partial charge in [-0.3, -0.25) is 9.69 Å². The molecule has 11 heteroatoms. The number of halogens is 1. The number of aromatic nitrogens is 3. The molecule has 1 amide bonds. The fraction of sp³-hybridized carbons (Fsp3) is 0.267. The Morgan fingerprint density at radius 2 is 1.85 bits per heavy atom. The first-order valence-corrected chi connectivity index (χ1v) is 13.7. The summed E-state index contributed by atoms with van der Waals surface area (Å²) in [6, 6.07) is 14.7. The van der Waals surface area contributed by atoms with Crippen LogP contribution in [0, 0.1) is 0 Å². The Bertz CT molecular complexity index is 1490. The van der Waals surface area contributed by atoms with Gasteiger partial charge in [-0.1, -0.05) is 23.7 Å². The fourth-order valence-corrected chi connectivity index (χ4v) is 4.46. The third kappa shape index (κ3) is 7.91. The van der Waals surface area contributed by atoms with Crippen LogP contribution in [0.3, 0.4) is 0 Å². The van der Waals surface area contributed by atoms with Crippen molar-refractivity contribution in [3.05, 3.63) is 77.8 Å². The van der Waals surface area contributed by atoms with E-state index in [1.807, 2.05) is 36.4 Å². The average molecular weight is 575 g/mol. The van der Waals surface area contributed by atoms with E-state index in [-0.39, 0.29) is 5.91 Å². The van der Waals surface area contributed by atoms with Gasteiger partial charge in [-0.15, -0.1) is 0 Å². The molecular weight excluding hydrogens is 544 g/mol. The smallest absolute Gasteiger partial charge is 0.248 e. The molecule has 2 N–H and O–H groups in total. The summed E-state index contributed by atoms with van der Waals surface area (Å²) in [5.41, 5.74) is 3.01. The summed E-state index contributed by atoms with van der Waals surface area (Å²) in [4.78, 5) is 27.4. The van der Waals surface area contributed by atoms with E-state index >= 15 is 0 Å². The Labute approximate surface area is 243 Å². The molecule has 1 fully saturated rings. The van der Waals surface area contributed by atoms with E-state index in [9.17, 15) is 4.79 Å². The second kappa shape index (κ2) is 13.9. The van der Waals surface area contributed by atoms with E-state index < -0.39 is 0 Å². The molecule has 0 spiro atoms. The Morgan fingerprint density at radius 1 is 1.05 bits per heavy atom. The zero-order valence-electron chi connectivity index (χ0n) is 22.7. The molecule has 0 saturated carbocycles. The quantitative estimate of drug-likeness (QED) is 0.142. The molecule has 0 atom stereocenters. The predicted molar refractivity (Wildman–Crippen MR) is 160 cm³/mol. The van der Waals surface area contributed by atoms with Crippen molar-refractivity contribution in [1.29, 1.82) is 0 Å². The Morgan fingerprint density at radius 3 is 2.61 bits per heavy atom. The van der Waals surface area contributed by atoms with Gasteiger partial charge in [0.2, 0.25) is 5.91 Å². The number of hydrogen-bond donors (Lipinski definition) is 2. The van der Waals surface area contributed by atoms with E-state index in [0.29, 0.717) is 34.8 Å². The van der Waals surface area contributed by atoms with Crippen LogP contribution in [0.1, 0.15) is 12.0 Å². The van der Waals surface area contributed by atoms with Gasteiger partial charge in [0.1, 0.15) is 17.3 Å². The molecule has 41 heavy (non-hydrogen) atoms. The van der Waals surface area contributed by atoms with Crippen LogP contribution in [-0.4, -0.2) is 72.3 Å². The van der Waals surface area contributed by atoms with Gasteiger partial charge < -0.3 is 24.8 Å². The van der Waals surface area contributed by atoms with Crippen LogP contribution in [0.15, 0.2) is 67.1 Å². The second-order valence-corrected chi connectivity index (χ2v) is 9.72. The van der Waals surface area contributed by atoms with Gasteiger partial charge in [0.05, 0.1) is 44.3 Å². The van der Waals surface area contributed by atoms with Crippen LogP contribution in [-0.2, 0) is 9.53 Å². The maximum atomic E-state index is 12.2. The molecule has 4 aromatic rings. The van der Waals surface area contributed by atoms with Gasteiger partial charge in [0, 0.05) is 42.9 Å². The van der Waals surface area contributed by atoms with E-state index in [0.717, 1.165) is 61.4 Å². The molecule has 2 aromatic carbocycles. The summed E-state index contributed by atoms with van der Waals surface area (Å²) in [6.45, 7) is 5.06. The Balaban J connectivity index is 1.20. The molecule has 3 heterocycles. The number of nitrogens with one attached hydrogen (secondary N) is 2. The third-order valence-corrected chi connectivity index (χ3v) is 6.72. The van der Waals surface area contributed by atoms with Crippen molar-refractivity contribution in [2.45, 2.75) is 6.42 Å². The lowest BCUT2D eigenvalue weighted by Gasteiger charge is -2.26. The summed E-state index contributed by atoms with van der Waals surface area (Å²) in [7, 11) is 1.62. The van der Waals surface area contributed by atoms with Crippen molar-refractivity contribution in [1.82, 2.24) is 19.9 Å². The van der Waals surface area contributed by atoms with E-state index in [1.165, 1.54) is 18.6 Å². The van der Waals surface area contributed by atoms with Crippen LogP contribution in [0.5, 0.6) is 11.5 Å². The van der Waals surface area contributed by atoms with Gasteiger partial charge in [0.25, 0.3) is 0 Å². The lowest BCUT2D eigenvalue weighted by atomic mass is 10.1. The number of anilines is 3. The minimum Gasteiger partial charge on any atom is -0.493 e. The zero-order chi connectivity index (χ0) is 28.4. The van der Waals surface area contributed by atoms with Gasteiger partial charge in [0.15, 0.2) is 11.5 Å². The molecule has 0 unspecified atom stereocenters. The molecule has 1 aliphatic heterocycles. The van der Waals surface area contributed by atoms with Gasteiger partial charge in [-0.05, 0) is 48.4 Å². The van der Waals surface area contributed by atoms with Crippen molar-refractivity contribution < 1.29 is 19.0 Å². The summed E-state index contributed by atoms with van der Waals surface area (Å²) >= 11 is 5.78. The molecule has 0 aliphatic carbocycles. The first kappa shape index (κ1) is 28.3. The van der Waals surface area contributed by atoms with Gasteiger partial charge in [-0.25, -0.2) is 15.0 Å². The summed E-state index contributed by atoms with van der Waals surface area (Å²) in [5.74, 6) is 1.65. The van der Waals surface area contributed by atoms with Crippen molar-refractivity contribution in [2.24, 2.45) is 0 Å². The number of amides is 1. The summed E-state index contributed by atoms with van der Waals surface area (Å²) < 4.78 is 17.1. The maximum absolute atomic E-state index is 12.2. The largest absolute Gasteiger partial charge is 0.493 e. The highest BCUT2D eigenvalue weighted by atomic mass is 35.5. The van der Waals surface area contributed by atoms with E-state index in [4.69, 9.17) is 25.8 Å². The number of methoxy groups -OCH3 is 1. The van der Waals surface area contributed by atoms with Crippen LogP contribution in [0.25, 0.3) is 17.0 Å². The predicted octanol–water partition coefficient (Wildman–Crippen LogP) is 5.18. The standard InChI is InChI=1S/C30H31ClN6O4/c1-39-26-17-24-25(18-27(26)41-14-2-11-37-12-15-40-16-13-37)33-20-34-30(24)36-22-6-3-21(4-7-22)5-10-29(38)35-23-8-9-28(31)32-19-23/h3-10,17-20H,2,11-16H2,1H3,(H,35,38)(H,33,34,36)/b10-5+. The zero-order valence-corrected chi connectivity index (χ0v) is 23.4. The molecule has 212 valence electrons. The number of pyridine rings is 1. The Kier molecular flexibility index (Phi) is 9.58. The molecule has 2 aromatic heterocycles. The molecule has 5 rings (SSSR count). The first-order chi connectivity index (χ1) is 20.1. The maximum Gasteiger partial charge on any atom is 0.248 e. The first-order valence-electron chi connectivity index (χ1n) is 13.3. The number of carbonyl (C=O) groups excluding carboxylic acids is 1. The van der Waals surface area contributed by atoms with E-state index in [2.05, 4.69) is 30.5 Å². The minimum absolute atomic E-state index is 0.266. The van der Waals surface area contributed by atoms with Gasteiger partial charge >= 0.3 is 0 Å². The van der Waals surface area contributed by atoms with Crippen molar-refractivity contribution in [3.63, 3.8) is 0 Å². The molecule has 1 aliphatic rings. The second-order valence-electron chi connectivity index (χ2n) is 9.34. The number of carbonyl (C=O) groups is 1. The topological polar surface area (TPSA) is 111 Å². The van der Waals surface area contributed by atoms with E-state index in [1.54, 1.807) is 25.3 Å². The highest BCUT2D eigenvalue weighted by Crippen LogP contribution is 2.35. The highest BCUT2D eigenvalue weighted by Gasteiger charge is 2.13. The highest BCUT2D eigenvalue weighted by molar-refractivity contribution is 6.29. The summed E-state index contributed by atoms with van der Waals surface area (Å²) in [6.07, 6.45) is 7.13. The van der Waals surface area contributed by atoms with Crippen LogP contribution in [0.2, 0.25) is 5.15 Å². The third-order valence-electron chi connectivity index (χ3n) is 6.50. The Hall–Kier alpha value is -4.25. The number of morpholine rings is 1. The molecule has 0 radical (unpaired) electrons. The minimum atomic E-state index is -0.266. The van der Waals surface area contributed by atoms with Crippen LogP contribution < -0.4 is 20.1 Å².